The molecular weight excluding hydrogens is 370 g/mol. The standard InChI is InChI=1S/C19H14BrNO3/c1-10-6-7-14-13(8-10)17(22)15-16(11-4-3-5-12(20)9-11)21(2)19(23)18(15)24-14/h3-9,16H,1-2H3/t16-/m1/s1. The lowest BCUT2D eigenvalue weighted by molar-refractivity contribution is 0.0771. The minimum absolute atomic E-state index is 0.141. The van der Waals surface area contributed by atoms with Gasteiger partial charge in [-0.2, -0.15) is 0 Å². The molecule has 1 atom stereocenters. The molecule has 1 amide bonds. The molecule has 2 aromatic carbocycles. The molecule has 2 heterocycles. The summed E-state index contributed by atoms with van der Waals surface area (Å²) in [5.41, 5.74) is 2.57. The van der Waals surface area contributed by atoms with Crippen LogP contribution in [0.2, 0.25) is 0 Å². The van der Waals surface area contributed by atoms with Gasteiger partial charge in [0, 0.05) is 11.5 Å². The number of nitrogens with zero attached hydrogens (tertiary/aromatic N) is 1. The Kier molecular flexibility index (Phi) is 3.35. The van der Waals surface area contributed by atoms with Crippen LogP contribution in [0.4, 0.5) is 0 Å². The second-order valence-corrected chi connectivity index (χ2v) is 6.96. The Morgan fingerprint density at radius 3 is 2.67 bits per heavy atom. The predicted molar refractivity (Wildman–Crippen MR) is 95.3 cm³/mol. The first-order chi connectivity index (χ1) is 11.5. The fraction of sp³-hybridized carbons (Fsp3) is 0.158. The van der Waals surface area contributed by atoms with E-state index in [1.165, 1.54) is 0 Å². The molecule has 1 aromatic heterocycles. The molecule has 120 valence electrons. The van der Waals surface area contributed by atoms with Crippen LogP contribution >= 0.6 is 15.9 Å². The van der Waals surface area contributed by atoms with Gasteiger partial charge in [0.1, 0.15) is 5.58 Å². The minimum Gasteiger partial charge on any atom is -0.450 e. The maximum atomic E-state index is 13.1. The zero-order valence-electron chi connectivity index (χ0n) is 13.2. The summed E-state index contributed by atoms with van der Waals surface area (Å²) in [6.07, 6.45) is 0. The van der Waals surface area contributed by atoms with Gasteiger partial charge in [-0.05, 0) is 36.8 Å². The largest absolute Gasteiger partial charge is 0.450 e. The maximum absolute atomic E-state index is 13.1. The van der Waals surface area contributed by atoms with Crippen LogP contribution < -0.4 is 5.43 Å². The van der Waals surface area contributed by atoms with E-state index in [9.17, 15) is 9.59 Å². The Balaban J connectivity index is 2.05. The molecule has 0 fully saturated rings. The first kappa shape index (κ1) is 15.1. The molecular formula is C19H14BrNO3. The smallest absolute Gasteiger partial charge is 0.290 e. The monoisotopic (exact) mass is 383 g/mol. The van der Waals surface area contributed by atoms with Crippen LogP contribution in [0, 0.1) is 6.92 Å². The molecule has 0 saturated heterocycles. The third-order valence-corrected chi connectivity index (χ3v) is 4.91. The van der Waals surface area contributed by atoms with Gasteiger partial charge >= 0.3 is 0 Å². The van der Waals surface area contributed by atoms with Crippen LogP contribution in [0.25, 0.3) is 11.0 Å². The van der Waals surface area contributed by atoms with Crippen molar-refractivity contribution < 1.29 is 9.21 Å². The molecule has 1 aliphatic heterocycles. The van der Waals surface area contributed by atoms with Crippen molar-refractivity contribution in [3.05, 3.63) is 79.6 Å². The van der Waals surface area contributed by atoms with Gasteiger partial charge in [0.25, 0.3) is 5.91 Å². The fourth-order valence-electron chi connectivity index (χ4n) is 3.27. The van der Waals surface area contributed by atoms with E-state index in [0.29, 0.717) is 16.5 Å². The first-order valence-corrected chi connectivity index (χ1v) is 8.36. The van der Waals surface area contributed by atoms with E-state index in [2.05, 4.69) is 15.9 Å². The third kappa shape index (κ3) is 2.12. The number of fused-ring (bicyclic) bond motifs is 2. The number of amides is 1. The third-order valence-electron chi connectivity index (χ3n) is 4.42. The van der Waals surface area contributed by atoms with Gasteiger partial charge in [-0.15, -0.1) is 0 Å². The van der Waals surface area contributed by atoms with Crippen molar-refractivity contribution in [2.45, 2.75) is 13.0 Å². The van der Waals surface area contributed by atoms with Crippen molar-refractivity contribution in [3.63, 3.8) is 0 Å². The van der Waals surface area contributed by atoms with Crippen molar-refractivity contribution in [3.8, 4) is 0 Å². The highest BCUT2D eigenvalue weighted by atomic mass is 79.9. The maximum Gasteiger partial charge on any atom is 0.290 e. The lowest BCUT2D eigenvalue weighted by Crippen LogP contribution is -2.25. The normalized spacial score (nSPS) is 16.7. The van der Waals surface area contributed by atoms with E-state index in [4.69, 9.17) is 4.42 Å². The topological polar surface area (TPSA) is 50.5 Å². The van der Waals surface area contributed by atoms with Crippen LogP contribution in [-0.4, -0.2) is 17.9 Å². The quantitative estimate of drug-likeness (QED) is 0.637. The fourth-order valence-corrected chi connectivity index (χ4v) is 3.69. The van der Waals surface area contributed by atoms with Crippen molar-refractivity contribution >= 4 is 32.8 Å². The summed E-state index contributed by atoms with van der Waals surface area (Å²) in [4.78, 5) is 27.2. The van der Waals surface area contributed by atoms with E-state index in [0.717, 1.165) is 15.6 Å². The molecule has 4 rings (SSSR count). The van der Waals surface area contributed by atoms with Crippen LogP contribution in [0.15, 0.2) is 56.1 Å². The minimum atomic E-state index is -0.439. The Morgan fingerprint density at radius 1 is 1.12 bits per heavy atom. The van der Waals surface area contributed by atoms with Gasteiger partial charge in [-0.1, -0.05) is 39.7 Å². The van der Waals surface area contributed by atoms with Crippen LogP contribution in [0.3, 0.4) is 0 Å². The molecule has 0 N–H and O–H groups in total. The van der Waals surface area contributed by atoms with E-state index in [1.54, 1.807) is 18.0 Å². The van der Waals surface area contributed by atoms with Crippen molar-refractivity contribution in [2.24, 2.45) is 0 Å². The average Bonchev–Trinajstić information content (AvgIpc) is 2.81. The molecule has 0 spiro atoms. The highest BCUT2D eigenvalue weighted by Gasteiger charge is 2.40. The molecule has 0 aliphatic carbocycles. The number of aryl methyl sites for hydroxylation is 1. The Bertz CT molecular complexity index is 1050. The number of hydrogen-bond donors (Lipinski definition) is 0. The number of benzene rings is 2. The lowest BCUT2D eigenvalue weighted by atomic mass is 9.98. The summed E-state index contributed by atoms with van der Waals surface area (Å²) in [7, 11) is 1.69. The van der Waals surface area contributed by atoms with Crippen molar-refractivity contribution in [2.75, 3.05) is 7.05 Å². The van der Waals surface area contributed by atoms with Crippen LogP contribution in [0.5, 0.6) is 0 Å². The SMILES string of the molecule is Cc1ccc2oc3c(c(=O)c2c1)[C@@H](c1cccc(Br)c1)N(C)C3=O. The summed E-state index contributed by atoms with van der Waals surface area (Å²) in [6, 6.07) is 12.6. The van der Waals surface area contributed by atoms with Gasteiger partial charge in [0.15, 0.2) is 5.43 Å². The summed E-state index contributed by atoms with van der Waals surface area (Å²) < 4.78 is 6.70. The van der Waals surface area contributed by atoms with E-state index in [1.807, 2.05) is 43.3 Å². The zero-order valence-corrected chi connectivity index (χ0v) is 14.8. The van der Waals surface area contributed by atoms with Crippen LogP contribution in [0.1, 0.15) is 33.3 Å². The predicted octanol–water partition coefficient (Wildman–Crippen LogP) is 4.04. The average molecular weight is 384 g/mol. The molecule has 0 unspecified atom stereocenters. The van der Waals surface area contributed by atoms with E-state index < -0.39 is 6.04 Å². The lowest BCUT2D eigenvalue weighted by Gasteiger charge is -2.20. The van der Waals surface area contributed by atoms with Gasteiger partial charge in [-0.3, -0.25) is 9.59 Å². The molecule has 1 aliphatic rings. The Hall–Kier alpha value is -2.40. The second-order valence-electron chi connectivity index (χ2n) is 6.05. The highest BCUT2D eigenvalue weighted by Crippen LogP contribution is 2.37. The number of rotatable bonds is 1. The van der Waals surface area contributed by atoms with Gasteiger partial charge in [0.05, 0.1) is 17.0 Å². The van der Waals surface area contributed by atoms with E-state index in [-0.39, 0.29) is 17.1 Å². The summed E-state index contributed by atoms with van der Waals surface area (Å²) in [5, 5.41) is 0.511. The molecule has 3 aromatic rings. The Labute approximate surface area is 146 Å². The van der Waals surface area contributed by atoms with E-state index >= 15 is 0 Å². The number of halogens is 1. The molecule has 24 heavy (non-hydrogen) atoms. The molecule has 4 nitrogen and oxygen atoms in total. The van der Waals surface area contributed by atoms with Gasteiger partial charge < -0.3 is 9.32 Å². The number of carbonyl (C=O) groups excluding carboxylic acids is 1. The molecule has 0 radical (unpaired) electrons. The first-order valence-electron chi connectivity index (χ1n) is 7.57. The molecule has 0 saturated carbocycles. The zero-order chi connectivity index (χ0) is 17.0. The molecule has 5 heteroatoms. The van der Waals surface area contributed by atoms with Crippen molar-refractivity contribution in [1.29, 1.82) is 0 Å². The molecule has 0 bridgehead atoms. The van der Waals surface area contributed by atoms with Crippen LogP contribution in [-0.2, 0) is 0 Å². The number of hydrogen-bond acceptors (Lipinski definition) is 3. The number of carbonyl (C=O) groups is 1. The van der Waals surface area contributed by atoms with Gasteiger partial charge in [-0.25, -0.2) is 0 Å². The summed E-state index contributed by atoms with van der Waals surface area (Å²) >= 11 is 3.45. The van der Waals surface area contributed by atoms with Crippen molar-refractivity contribution in [1.82, 2.24) is 4.90 Å². The second kappa shape index (κ2) is 5.31. The highest BCUT2D eigenvalue weighted by molar-refractivity contribution is 9.10. The Morgan fingerprint density at radius 2 is 1.92 bits per heavy atom. The van der Waals surface area contributed by atoms with Gasteiger partial charge in [0.2, 0.25) is 5.76 Å². The summed E-state index contributed by atoms with van der Waals surface area (Å²) in [6.45, 7) is 1.93. The summed E-state index contributed by atoms with van der Waals surface area (Å²) in [5.74, 6) is -0.127.